The molecule has 0 spiro atoms. The Morgan fingerprint density at radius 2 is 1.86 bits per heavy atom. The molecule has 0 fully saturated rings. The predicted molar refractivity (Wildman–Crippen MR) is 147 cm³/mol. The number of nitrogens with two attached hydrogens (primary N) is 1. The van der Waals surface area contributed by atoms with Crippen molar-refractivity contribution in [3.63, 3.8) is 0 Å². The van der Waals surface area contributed by atoms with E-state index in [2.05, 4.69) is 34.3 Å². The number of hydrogen-bond acceptors (Lipinski definition) is 8. The molecule has 1 heterocycles. The Labute approximate surface area is 220 Å². The lowest BCUT2D eigenvalue weighted by atomic mass is 10.0. The molecule has 3 rings (SSSR count). The van der Waals surface area contributed by atoms with Gasteiger partial charge in [-0.3, -0.25) is 0 Å². The van der Waals surface area contributed by atoms with Gasteiger partial charge in [0.25, 0.3) is 0 Å². The summed E-state index contributed by atoms with van der Waals surface area (Å²) in [6, 6.07) is 16.2. The molecule has 0 radical (unpaired) electrons. The van der Waals surface area contributed by atoms with Crippen molar-refractivity contribution in [3.8, 4) is 11.5 Å². The first-order valence-corrected chi connectivity index (χ1v) is 13.0. The molecule has 0 saturated heterocycles. The molecule has 8 nitrogen and oxygen atoms in total. The van der Waals surface area contributed by atoms with Crippen LogP contribution in [0, 0.1) is 6.92 Å². The molecule has 0 amide bonds. The molecule has 0 bridgehead atoms. The number of aliphatic hydroxyl groups is 1. The standard InChI is InChI=1S/C29H40N4O4/c1-4-9-24(14-17-36-20-22-10-6-5-7-11-22)32-28-26(21(2)31-29(30)33-28)18-23-12-13-25(19-27(23)35-3)37-16-8-15-34/h5-7,10-13,19,24,34H,4,8-9,14-18,20H2,1-3H3,(H3,30,31,32,33). The van der Waals surface area contributed by atoms with E-state index in [1.54, 1.807) is 7.11 Å². The van der Waals surface area contributed by atoms with Crippen molar-refractivity contribution >= 4 is 11.8 Å². The highest BCUT2D eigenvalue weighted by atomic mass is 16.5. The fourth-order valence-electron chi connectivity index (χ4n) is 4.17. The molecule has 2 aromatic carbocycles. The summed E-state index contributed by atoms with van der Waals surface area (Å²) in [5.74, 6) is 2.43. The van der Waals surface area contributed by atoms with Gasteiger partial charge >= 0.3 is 0 Å². The second kappa shape index (κ2) is 15.0. The number of nitrogens with zero attached hydrogens (tertiary/aromatic N) is 2. The summed E-state index contributed by atoms with van der Waals surface area (Å²) in [4.78, 5) is 9.00. The Hall–Kier alpha value is -3.36. The molecule has 1 unspecified atom stereocenters. The van der Waals surface area contributed by atoms with Gasteiger partial charge in [-0.1, -0.05) is 49.7 Å². The minimum absolute atomic E-state index is 0.0968. The molecule has 4 N–H and O–H groups in total. The molecule has 0 saturated carbocycles. The van der Waals surface area contributed by atoms with Gasteiger partial charge in [0.1, 0.15) is 17.3 Å². The molecule has 8 heteroatoms. The molecule has 0 aliphatic carbocycles. The first kappa shape index (κ1) is 28.2. The van der Waals surface area contributed by atoms with E-state index in [0.717, 1.165) is 47.7 Å². The summed E-state index contributed by atoms with van der Waals surface area (Å²) >= 11 is 0. The second-order valence-electron chi connectivity index (χ2n) is 9.03. The lowest BCUT2D eigenvalue weighted by Gasteiger charge is -2.22. The molecule has 200 valence electrons. The fourth-order valence-corrected chi connectivity index (χ4v) is 4.17. The summed E-state index contributed by atoms with van der Waals surface area (Å²) in [5, 5.41) is 12.6. The second-order valence-corrected chi connectivity index (χ2v) is 9.03. The number of benzene rings is 2. The number of nitrogen functional groups attached to an aromatic ring is 1. The maximum atomic E-state index is 8.99. The van der Waals surface area contributed by atoms with Gasteiger partial charge < -0.3 is 30.4 Å². The molecular formula is C29H40N4O4. The number of aryl methyl sites for hydroxylation is 1. The van der Waals surface area contributed by atoms with Crippen LogP contribution in [0.3, 0.4) is 0 Å². The number of anilines is 2. The van der Waals surface area contributed by atoms with Gasteiger partial charge in [0.05, 0.1) is 20.3 Å². The van der Waals surface area contributed by atoms with Gasteiger partial charge in [0.2, 0.25) is 5.95 Å². The van der Waals surface area contributed by atoms with Crippen molar-refractivity contribution in [2.24, 2.45) is 0 Å². The average Bonchev–Trinajstić information content (AvgIpc) is 2.90. The van der Waals surface area contributed by atoms with E-state index >= 15 is 0 Å². The number of aliphatic hydroxyl groups excluding tert-OH is 1. The lowest BCUT2D eigenvalue weighted by molar-refractivity contribution is 0.114. The van der Waals surface area contributed by atoms with E-state index < -0.39 is 0 Å². The van der Waals surface area contributed by atoms with Crippen LogP contribution in [0.5, 0.6) is 11.5 Å². The average molecular weight is 509 g/mol. The predicted octanol–water partition coefficient (Wildman–Crippen LogP) is 4.92. The van der Waals surface area contributed by atoms with Gasteiger partial charge in [0.15, 0.2) is 0 Å². The van der Waals surface area contributed by atoms with E-state index in [-0.39, 0.29) is 18.6 Å². The van der Waals surface area contributed by atoms with Gasteiger partial charge in [-0.2, -0.15) is 4.98 Å². The largest absolute Gasteiger partial charge is 0.496 e. The van der Waals surface area contributed by atoms with Gasteiger partial charge in [-0.05, 0) is 37.0 Å². The fraction of sp³-hybridized carbons (Fsp3) is 0.448. The van der Waals surface area contributed by atoms with E-state index in [1.807, 2.05) is 43.3 Å². The number of ether oxygens (including phenoxy) is 3. The zero-order chi connectivity index (χ0) is 26.5. The third-order valence-electron chi connectivity index (χ3n) is 6.13. The summed E-state index contributed by atoms with van der Waals surface area (Å²) in [6.45, 7) is 5.92. The number of aromatic nitrogens is 2. The van der Waals surface area contributed by atoms with Crippen molar-refractivity contribution in [3.05, 3.63) is 70.9 Å². The van der Waals surface area contributed by atoms with Crippen molar-refractivity contribution in [1.29, 1.82) is 0 Å². The van der Waals surface area contributed by atoms with Crippen LogP contribution in [0.1, 0.15) is 55.0 Å². The Bertz CT molecular complexity index is 1090. The number of nitrogens with one attached hydrogen (secondary N) is 1. The van der Waals surface area contributed by atoms with Gasteiger partial charge in [0, 0.05) is 49.4 Å². The SMILES string of the molecule is CCCC(CCOCc1ccccc1)Nc1nc(N)nc(C)c1Cc1ccc(OCCCO)cc1OC. The van der Waals surface area contributed by atoms with E-state index in [4.69, 9.17) is 25.1 Å². The third-order valence-corrected chi connectivity index (χ3v) is 6.13. The van der Waals surface area contributed by atoms with Crippen LogP contribution < -0.4 is 20.5 Å². The number of hydrogen-bond donors (Lipinski definition) is 3. The Kier molecular flexibility index (Phi) is 11.5. The summed E-state index contributed by atoms with van der Waals surface area (Å²) in [6.07, 6.45) is 4.04. The maximum Gasteiger partial charge on any atom is 0.222 e. The van der Waals surface area contributed by atoms with Crippen LogP contribution in [-0.4, -0.2) is 48.0 Å². The highest BCUT2D eigenvalue weighted by Crippen LogP contribution is 2.30. The zero-order valence-corrected chi connectivity index (χ0v) is 22.2. The van der Waals surface area contributed by atoms with Crippen molar-refractivity contribution in [2.75, 3.05) is 38.0 Å². The molecule has 1 aromatic heterocycles. The molecule has 0 aliphatic rings. The Morgan fingerprint density at radius 3 is 2.59 bits per heavy atom. The number of rotatable bonds is 16. The molecule has 0 aliphatic heterocycles. The maximum absolute atomic E-state index is 8.99. The zero-order valence-electron chi connectivity index (χ0n) is 22.2. The van der Waals surface area contributed by atoms with Crippen molar-refractivity contribution in [2.45, 2.75) is 58.6 Å². The third kappa shape index (κ3) is 8.91. The van der Waals surface area contributed by atoms with Crippen LogP contribution in [-0.2, 0) is 17.8 Å². The van der Waals surface area contributed by atoms with Crippen LogP contribution in [0.2, 0.25) is 0 Å². The van der Waals surface area contributed by atoms with E-state index in [0.29, 0.717) is 38.4 Å². The molecule has 1 atom stereocenters. The van der Waals surface area contributed by atoms with Crippen molar-refractivity contribution < 1.29 is 19.3 Å². The summed E-state index contributed by atoms with van der Waals surface area (Å²) in [7, 11) is 1.65. The first-order chi connectivity index (χ1) is 18.0. The van der Waals surface area contributed by atoms with Crippen LogP contribution in [0.15, 0.2) is 48.5 Å². The quantitative estimate of drug-likeness (QED) is 0.234. The first-order valence-electron chi connectivity index (χ1n) is 13.0. The van der Waals surface area contributed by atoms with Gasteiger partial charge in [-0.15, -0.1) is 0 Å². The molecular weight excluding hydrogens is 468 g/mol. The van der Waals surface area contributed by atoms with E-state index in [1.165, 1.54) is 5.56 Å². The molecule has 3 aromatic rings. The summed E-state index contributed by atoms with van der Waals surface area (Å²) in [5.41, 5.74) is 10.0. The normalized spacial score (nSPS) is 11.8. The van der Waals surface area contributed by atoms with E-state index in [9.17, 15) is 0 Å². The summed E-state index contributed by atoms with van der Waals surface area (Å²) < 4.78 is 17.3. The van der Waals surface area contributed by atoms with Gasteiger partial charge in [-0.25, -0.2) is 4.98 Å². The van der Waals surface area contributed by atoms with Crippen molar-refractivity contribution in [1.82, 2.24) is 9.97 Å². The van der Waals surface area contributed by atoms with Crippen LogP contribution in [0.25, 0.3) is 0 Å². The highest BCUT2D eigenvalue weighted by molar-refractivity contribution is 5.54. The minimum Gasteiger partial charge on any atom is -0.496 e. The monoisotopic (exact) mass is 508 g/mol. The van der Waals surface area contributed by atoms with Crippen LogP contribution >= 0.6 is 0 Å². The minimum atomic E-state index is 0.0968. The Balaban J connectivity index is 1.72. The Morgan fingerprint density at radius 1 is 1.05 bits per heavy atom. The molecule has 37 heavy (non-hydrogen) atoms. The smallest absolute Gasteiger partial charge is 0.222 e. The topological polar surface area (TPSA) is 112 Å². The lowest BCUT2D eigenvalue weighted by Crippen LogP contribution is -2.24. The number of methoxy groups -OCH3 is 1. The van der Waals surface area contributed by atoms with Crippen LogP contribution in [0.4, 0.5) is 11.8 Å². The highest BCUT2D eigenvalue weighted by Gasteiger charge is 2.18.